The van der Waals surface area contributed by atoms with Gasteiger partial charge in [0.25, 0.3) is 5.56 Å². The average Bonchev–Trinajstić information content (AvgIpc) is 3.09. The van der Waals surface area contributed by atoms with Crippen molar-refractivity contribution in [3.8, 4) is 10.6 Å². The minimum Gasteiger partial charge on any atom is -0.405 e. The lowest BCUT2D eigenvalue weighted by Crippen LogP contribution is -2.19. The molecule has 0 aliphatic carbocycles. The van der Waals surface area contributed by atoms with E-state index in [2.05, 4.69) is 4.98 Å². The Morgan fingerprint density at radius 3 is 2.50 bits per heavy atom. The quantitative estimate of drug-likeness (QED) is 0.425. The lowest BCUT2D eigenvalue weighted by Gasteiger charge is -2.08. The van der Waals surface area contributed by atoms with Gasteiger partial charge in [-0.15, -0.1) is 11.3 Å². The number of aromatic nitrogens is 2. The fraction of sp³-hybridized carbons (Fsp3) is 0.0500. The Bertz CT molecular complexity index is 1410. The van der Waals surface area contributed by atoms with Gasteiger partial charge in [-0.3, -0.25) is 9.36 Å². The standard InChI is InChI=1S/C20H12N2O3S/c1-22-18(23)12-7-3-2-6-11(12)13-10-14(20(24)25-19(13)22)17-21-15-8-4-5-9-16(15)26-17/h2-10H,1H3. The van der Waals surface area contributed by atoms with E-state index in [9.17, 15) is 9.59 Å². The van der Waals surface area contributed by atoms with E-state index in [1.165, 1.54) is 15.9 Å². The summed E-state index contributed by atoms with van der Waals surface area (Å²) < 4.78 is 7.92. The summed E-state index contributed by atoms with van der Waals surface area (Å²) in [5, 5.41) is 2.68. The molecule has 5 rings (SSSR count). The zero-order valence-electron chi connectivity index (χ0n) is 13.7. The number of fused-ring (bicyclic) bond motifs is 4. The molecule has 0 amide bonds. The van der Waals surface area contributed by atoms with Gasteiger partial charge >= 0.3 is 5.63 Å². The lowest BCUT2D eigenvalue weighted by molar-refractivity contribution is 0.532. The van der Waals surface area contributed by atoms with E-state index < -0.39 is 5.63 Å². The topological polar surface area (TPSA) is 65.1 Å². The number of hydrogen-bond donors (Lipinski definition) is 0. The molecule has 0 unspecified atom stereocenters. The van der Waals surface area contributed by atoms with Crippen molar-refractivity contribution in [2.45, 2.75) is 0 Å². The highest BCUT2D eigenvalue weighted by Crippen LogP contribution is 2.31. The largest absolute Gasteiger partial charge is 0.405 e. The molecule has 0 radical (unpaired) electrons. The van der Waals surface area contributed by atoms with Crippen molar-refractivity contribution in [1.29, 1.82) is 0 Å². The van der Waals surface area contributed by atoms with Gasteiger partial charge in [-0.05, 0) is 29.7 Å². The normalized spacial score (nSPS) is 11.6. The number of hydrogen-bond acceptors (Lipinski definition) is 5. The van der Waals surface area contributed by atoms with Crippen LogP contribution >= 0.6 is 11.3 Å². The Morgan fingerprint density at radius 1 is 0.962 bits per heavy atom. The van der Waals surface area contributed by atoms with E-state index in [4.69, 9.17) is 4.42 Å². The molecule has 2 aromatic carbocycles. The van der Waals surface area contributed by atoms with Crippen molar-refractivity contribution in [2.75, 3.05) is 0 Å². The number of thiazole rings is 1. The molecule has 0 N–H and O–H groups in total. The van der Waals surface area contributed by atoms with Crippen molar-refractivity contribution in [3.63, 3.8) is 0 Å². The van der Waals surface area contributed by atoms with Crippen LogP contribution in [0, 0.1) is 0 Å². The fourth-order valence-corrected chi connectivity index (χ4v) is 4.19. The van der Waals surface area contributed by atoms with E-state index in [1.54, 1.807) is 19.2 Å². The zero-order valence-corrected chi connectivity index (χ0v) is 14.5. The summed E-state index contributed by atoms with van der Waals surface area (Å²) in [5.74, 6) is 0. The Balaban J connectivity index is 1.92. The van der Waals surface area contributed by atoms with Crippen LogP contribution in [-0.2, 0) is 7.05 Å². The van der Waals surface area contributed by atoms with Crippen LogP contribution in [0.5, 0.6) is 0 Å². The second-order valence-corrected chi connectivity index (χ2v) is 7.09. The van der Waals surface area contributed by atoms with Gasteiger partial charge in [-0.1, -0.05) is 30.3 Å². The van der Waals surface area contributed by atoms with Crippen LogP contribution in [0.25, 0.3) is 42.7 Å². The number of benzene rings is 2. The third-order valence-electron chi connectivity index (χ3n) is 4.51. The molecule has 126 valence electrons. The van der Waals surface area contributed by atoms with Crippen molar-refractivity contribution in [2.24, 2.45) is 7.05 Å². The lowest BCUT2D eigenvalue weighted by atomic mass is 10.1. The number of aryl methyl sites for hydroxylation is 1. The van der Waals surface area contributed by atoms with Gasteiger partial charge in [-0.25, -0.2) is 9.78 Å². The second-order valence-electron chi connectivity index (χ2n) is 6.06. The third kappa shape index (κ3) is 2.06. The molecule has 0 fully saturated rings. The minimum atomic E-state index is -0.498. The Kier molecular flexibility index (Phi) is 3.11. The van der Waals surface area contributed by atoms with Crippen LogP contribution in [0.4, 0.5) is 0 Å². The predicted molar refractivity (Wildman–Crippen MR) is 104 cm³/mol. The molecule has 0 aliphatic rings. The van der Waals surface area contributed by atoms with E-state index in [-0.39, 0.29) is 11.3 Å². The van der Waals surface area contributed by atoms with Gasteiger partial charge in [0.15, 0.2) is 0 Å². The maximum absolute atomic E-state index is 12.6. The second kappa shape index (κ2) is 5.37. The van der Waals surface area contributed by atoms with Gasteiger partial charge in [0.05, 0.1) is 15.8 Å². The first-order valence-corrected chi connectivity index (χ1v) is 8.86. The summed E-state index contributed by atoms with van der Waals surface area (Å²) >= 11 is 1.45. The molecule has 0 spiro atoms. The average molecular weight is 360 g/mol. The van der Waals surface area contributed by atoms with Crippen molar-refractivity contribution >= 4 is 43.4 Å². The summed E-state index contributed by atoms with van der Waals surface area (Å²) in [6, 6.07) is 16.8. The van der Waals surface area contributed by atoms with Crippen LogP contribution in [0.1, 0.15) is 0 Å². The molecule has 5 nitrogen and oxygen atoms in total. The molecule has 0 atom stereocenters. The molecule has 0 aliphatic heterocycles. The molecule has 3 heterocycles. The van der Waals surface area contributed by atoms with E-state index in [0.717, 1.165) is 21.0 Å². The first-order chi connectivity index (χ1) is 12.6. The number of pyridine rings is 1. The van der Waals surface area contributed by atoms with Crippen LogP contribution in [0.2, 0.25) is 0 Å². The van der Waals surface area contributed by atoms with Gasteiger partial charge < -0.3 is 4.42 Å². The number of nitrogens with zero attached hydrogens (tertiary/aromatic N) is 2. The summed E-state index contributed by atoms with van der Waals surface area (Å²) in [6.07, 6.45) is 0. The van der Waals surface area contributed by atoms with Crippen molar-refractivity contribution < 1.29 is 4.42 Å². The summed E-state index contributed by atoms with van der Waals surface area (Å²) in [7, 11) is 1.61. The summed E-state index contributed by atoms with van der Waals surface area (Å²) in [5.41, 5.74) is 0.828. The van der Waals surface area contributed by atoms with Crippen LogP contribution in [0.15, 0.2) is 68.6 Å². The molecule has 0 bridgehead atoms. The summed E-state index contributed by atoms with van der Waals surface area (Å²) in [4.78, 5) is 29.7. The van der Waals surface area contributed by atoms with E-state index in [0.29, 0.717) is 16.0 Å². The van der Waals surface area contributed by atoms with Crippen molar-refractivity contribution in [1.82, 2.24) is 9.55 Å². The van der Waals surface area contributed by atoms with Gasteiger partial charge in [0.1, 0.15) is 5.01 Å². The predicted octanol–water partition coefficient (Wildman–Crippen LogP) is 3.92. The van der Waals surface area contributed by atoms with Gasteiger partial charge in [-0.2, -0.15) is 0 Å². The molecule has 26 heavy (non-hydrogen) atoms. The van der Waals surface area contributed by atoms with Gasteiger partial charge in [0, 0.05) is 17.8 Å². The van der Waals surface area contributed by atoms with Gasteiger partial charge in [0.2, 0.25) is 5.71 Å². The number of rotatable bonds is 1. The highest BCUT2D eigenvalue weighted by Gasteiger charge is 2.16. The first kappa shape index (κ1) is 15.0. The molecule has 6 heteroatoms. The summed E-state index contributed by atoms with van der Waals surface area (Å²) in [6.45, 7) is 0. The Labute approximate surface area is 150 Å². The Hall–Kier alpha value is -3.25. The molecule has 0 saturated heterocycles. The zero-order chi connectivity index (χ0) is 17.8. The molecular formula is C20H12N2O3S. The monoisotopic (exact) mass is 360 g/mol. The third-order valence-corrected chi connectivity index (χ3v) is 5.58. The van der Waals surface area contributed by atoms with Crippen LogP contribution < -0.4 is 11.2 Å². The minimum absolute atomic E-state index is 0.191. The maximum atomic E-state index is 12.6. The van der Waals surface area contributed by atoms with Crippen LogP contribution in [0.3, 0.4) is 0 Å². The van der Waals surface area contributed by atoms with Crippen LogP contribution in [-0.4, -0.2) is 9.55 Å². The van der Waals surface area contributed by atoms with E-state index in [1.807, 2.05) is 42.5 Å². The Morgan fingerprint density at radius 2 is 1.69 bits per heavy atom. The molecule has 3 aromatic heterocycles. The van der Waals surface area contributed by atoms with Crippen molar-refractivity contribution in [3.05, 3.63) is 75.4 Å². The maximum Gasteiger partial charge on any atom is 0.347 e. The molecule has 0 saturated carbocycles. The SMILES string of the molecule is Cn1c(=O)c2ccccc2c2cc(-c3nc4ccccc4s3)c(=O)oc21. The first-order valence-electron chi connectivity index (χ1n) is 8.05. The molecular weight excluding hydrogens is 348 g/mol. The number of para-hydroxylation sites is 1. The van der Waals surface area contributed by atoms with E-state index >= 15 is 0 Å². The fourth-order valence-electron chi connectivity index (χ4n) is 3.22. The molecule has 5 aromatic rings. The highest BCUT2D eigenvalue weighted by molar-refractivity contribution is 7.21. The highest BCUT2D eigenvalue weighted by atomic mass is 32.1. The smallest absolute Gasteiger partial charge is 0.347 e.